The van der Waals surface area contributed by atoms with Gasteiger partial charge in [0.15, 0.2) is 0 Å². The number of rotatable bonds is 5. The minimum absolute atomic E-state index is 0.0133. The van der Waals surface area contributed by atoms with Crippen LogP contribution in [0, 0.1) is 5.92 Å². The predicted molar refractivity (Wildman–Crippen MR) is 89.0 cm³/mol. The van der Waals surface area contributed by atoms with Gasteiger partial charge in [0, 0.05) is 16.0 Å². The van der Waals surface area contributed by atoms with E-state index < -0.39 is 0 Å². The van der Waals surface area contributed by atoms with E-state index >= 15 is 0 Å². The molecule has 0 spiro atoms. The van der Waals surface area contributed by atoms with Crippen LogP contribution in [0.15, 0.2) is 41.8 Å². The second-order valence-corrected chi connectivity index (χ2v) is 6.50. The van der Waals surface area contributed by atoms with E-state index in [1.807, 2.05) is 23.6 Å². The maximum Gasteiger partial charge on any atom is 0.251 e. The summed E-state index contributed by atoms with van der Waals surface area (Å²) in [5, 5.41) is 18.9. The summed E-state index contributed by atoms with van der Waals surface area (Å²) in [5.41, 5.74) is 1.42. The first-order valence-corrected chi connectivity index (χ1v) is 8.21. The Balaban J connectivity index is 1.75. The molecule has 23 heavy (non-hydrogen) atoms. The van der Waals surface area contributed by atoms with Crippen molar-refractivity contribution in [2.24, 2.45) is 5.92 Å². The number of nitrogens with one attached hydrogen (secondary N) is 2. The van der Waals surface area contributed by atoms with Crippen LogP contribution in [0.25, 0.3) is 11.4 Å². The largest absolute Gasteiger partial charge is 0.344 e. The standard InChI is InChI=1S/C16H17N5OS/c1-10(2)14(13-4-3-9-23-13)17-16(22)12-7-5-11(6-8-12)15-18-20-21-19-15/h3-10,14H,1-2H3,(H,17,22)(H,18,19,20,21). The van der Waals surface area contributed by atoms with Crippen LogP contribution in [0.5, 0.6) is 0 Å². The molecule has 2 N–H and O–H groups in total. The molecule has 0 bridgehead atoms. The molecule has 1 amide bonds. The van der Waals surface area contributed by atoms with Crippen LogP contribution in [-0.2, 0) is 0 Å². The second kappa shape index (κ2) is 6.70. The molecule has 0 radical (unpaired) electrons. The Morgan fingerprint density at radius 3 is 2.57 bits per heavy atom. The van der Waals surface area contributed by atoms with Gasteiger partial charge in [-0.25, -0.2) is 0 Å². The minimum atomic E-state index is -0.0863. The number of amides is 1. The quantitative estimate of drug-likeness (QED) is 0.754. The molecule has 0 saturated heterocycles. The zero-order valence-corrected chi connectivity index (χ0v) is 13.7. The van der Waals surface area contributed by atoms with Crippen LogP contribution in [0.1, 0.15) is 35.1 Å². The lowest BCUT2D eigenvalue weighted by atomic mass is 10.0. The van der Waals surface area contributed by atoms with Crippen LogP contribution in [0.2, 0.25) is 0 Å². The SMILES string of the molecule is CC(C)C(NC(=O)c1ccc(-c2nn[nH]n2)cc1)c1cccs1. The number of H-pyrrole nitrogens is 1. The maximum atomic E-state index is 12.5. The van der Waals surface area contributed by atoms with Crippen molar-refractivity contribution >= 4 is 17.2 Å². The molecule has 7 heteroatoms. The number of tetrazole rings is 1. The monoisotopic (exact) mass is 327 g/mol. The van der Waals surface area contributed by atoms with Gasteiger partial charge < -0.3 is 5.32 Å². The first-order chi connectivity index (χ1) is 11.1. The summed E-state index contributed by atoms with van der Waals surface area (Å²) < 4.78 is 0. The lowest BCUT2D eigenvalue weighted by molar-refractivity contribution is 0.0926. The summed E-state index contributed by atoms with van der Waals surface area (Å²) in [7, 11) is 0. The highest BCUT2D eigenvalue weighted by molar-refractivity contribution is 7.10. The Kier molecular flexibility index (Phi) is 4.47. The third-order valence-electron chi connectivity index (χ3n) is 3.55. The first kappa shape index (κ1) is 15.4. The average molecular weight is 327 g/mol. The van der Waals surface area contributed by atoms with Crippen molar-refractivity contribution in [2.45, 2.75) is 19.9 Å². The van der Waals surface area contributed by atoms with Crippen molar-refractivity contribution in [1.82, 2.24) is 25.9 Å². The fourth-order valence-electron chi connectivity index (χ4n) is 2.31. The van der Waals surface area contributed by atoms with Crippen LogP contribution >= 0.6 is 11.3 Å². The highest BCUT2D eigenvalue weighted by Crippen LogP contribution is 2.26. The Bertz CT molecular complexity index is 750. The van der Waals surface area contributed by atoms with E-state index in [0.29, 0.717) is 17.3 Å². The van der Waals surface area contributed by atoms with Crippen molar-refractivity contribution < 1.29 is 4.79 Å². The third-order valence-corrected chi connectivity index (χ3v) is 4.51. The lowest BCUT2D eigenvalue weighted by Crippen LogP contribution is -2.31. The van der Waals surface area contributed by atoms with E-state index in [4.69, 9.17) is 0 Å². The van der Waals surface area contributed by atoms with Crippen molar-refractivity contribution in [2.75, 3.05) is 0 Å². The number of benzene rings is 1. The van der Waals surface area contributed by atoms with Gasteiger partial charge in [-0.2, -0.15) is 5.21 Å². The fraction of sp³-hybridized carbons (Fsp3) is 0.250. The normalized spacial score (nSPS) is 12.3. The molecule has 2 heterocycles. The van der Waals surface area contributed by atoms with Gasteiger partial charge in [-0.05, 0) is 34.7 Å². The van der Waals surface area contributed by atoms with Gasteiger partial charge in [-0.15, -0.1) is 21.5 Å². The van der Waals surface area contributed by atoms with Gasteiger partial charge in [-0.3, -0.25) is 4.79 Å². The number of carbonyl (C=O) groups is 1. The predicted octanol–water partition coefficient (Wildman–Crippen LogP) is 3.06. The van der Waals surface area contributed by atoms with Gasteiger partial charge in [-0.1, -0.05) is 32.0 Å². The van der Waals surface area contributed by atoms with Crippen LogP contribution < -0.4 is 5.32 Å². The number of thiophene rings is 1. The number of aromatic nitrogens is 4. The summed E-state index contributed by atoms with van der Waals surface area (Å²) in [4.78, 5) is 13.7. The molecule has 3 rings (SSSR count). The van der Waals surface area contributed by atoms with E-state index in [1.165, 1.54) is 0 Å². The summed E-state index contributed by atoms with van der Waals surface area (Å²) in [6, 6.07) is 11.2. The zero-order chi connectivity index (χ0) is 16.2. The summed E-state index contributed by atoms with van der Waals surface area (Å²) in [6.07, 6.45) is 0. The topological polar surface area (TPSA) is 83.6 Å². The third kappa shape index (κ3) is 3.45. The summed E-state index contributed by atoms with van der Waals surface area (Å²) >= 11 is 1.66. The van der Waals surface area contributed by atoms with Crippen LogP contribution in [-0.4, -0.2) is 26.5 Å². The Hall–Kier alpha value is -2.54. The van der Waals surface area contributed by atoms with Crippen LogP contribution in [0.3, 0.4) is 0 Å². The molecule has 0 aliphatic carbocycles. The smallest absolute Gasteiger partial charge is 0.251 e. The number of hydrogen-bond acceptors (Lipinski definition) is 5. The first-order valence-electron chi connectivity index (χ1n) is 7.33. The zero-order valence-electron chi connectivity index (χ0n) is 12.9. The molecule has 0 fully saturated rings. The molecule has 0 aliphatic heterocycles. The summed E-state index contributed by atoms with van der Waals surface area (Å²) in [6.45, 7) is 4.20. The van der Waals surface area contributed by atoms with Crippen molar-refractivity contribution in [3.8, 4) is 11.4 Å². The van der Waals surface area contributed by atoms with Crippen molar-refractivity contribution in [3.05, 3.63) is 52.2 Å². The minimum Gasteiger partial charge on any atom is -0.344 e. The molecule has 118 valence electrons. The van der Waals surface area contributed by atoms with Gasteiger partial charge >= 0.3 is 0 Å². The fourth-order valence-corrected chi connectivity index (χ4v) is 3.26. The highest BCUT2D eigenvalue weighted by atomic mass is 32.1. The van der Waals surface area contributed by atoms with Gasteiger partial charge in [0.2, 0.25) is 5.82 Å². The lowest BCUT2D eigenvalue weighted by Gasteiger charge is -2.21. The number of carbonyl (C=O) groups excluding carboxylic acids is 1. The van der Waals surface area contributed by atoms with Crippen LogP contribution in [0.4, 0.5) is 0 Å². The Morgan fingerprint density at radius 2 is 2.00 bits per heavy atom. The molecule has 1 unspecified atom stereocenters. The maximum absolute atomic E-state index is 12.5. The van der Waals surface area contributed by atoms with E-state index in [1.54, 1.807) is 23.5 Å². The second-order valence-electron chi connectivity index (χ2n) is 5.52. The van der Waals surface area contributed by atoms with Gasteiger partial charge in [0.05, 0.1) is 6.04 Å². The molecule has 0 saturated carbocycles. The van der Waals surface area contributed by atoms with Gasteiger partial charge in [0.1, 0.15) is 0 Å². The molecular formula is C16H17N5OS. The number of nitrogens with zero attached hydrogens (tertiary/aromatic N) is 3. The van der Waals surface area contributed by atoms with Crippen molar-refractivity contribution in [1.29, 1.82) is 0 Å². The number of hydrogen-bond donors (Lipinski definition) is 2. The van der Waals surface area contributed by atoms with E-state index in [0.717, 1.165) is 10.4 Å². The Labute approximate surface area is 137 Å². The highest BCUT2D eigenvalue weighted by Gasteiger charge is 2.20. The Morgan fingerprint density at radius 1 is 1.22 bits per heavy atom. The van der Waals surface area contributed by atoms with E-state index in [2.05, 4.69) is 45.9 Å². The molecule has 2 aromatic heterocycles. The van der Waals surface area contributed by atoms with E-state index in [-0.39, 0.29) is 11.9 Å². The molecule has 6 nitrogen and oxygen atoms in total. The summed E-state index contributed by atoms with van der Waals surface area (Å²) in [5.74, 6) is 0.739. The molecule has 3 aromatic rings. The molecule has 1 atom stereocenters. The average Bonchev–Trinajstić information content (AvgIpc) is 3.25. The molecule has 0 aliphatic rings. The van der Waals surface area contributed by atoms with E-state index in [9.17, 15) is 4.79 Å². The van der Waals surface area contributed by atoms with Gasteiger partial charge in [0.25, 0.3) is 5.91 Å². The molecule has 1 aromatic carbocycles. The van der Waals surface area contributed by atoms with Crippen molar-refractivity contribution in [3.63, 3.8) is 0 Å². The number of aromatic amines is 1. The molecular weight excluding hydrogens is 310 g/mol.